The molecule has 1 aromatic carbocycles. The lowest BCUT2D eigenvalue weighted by Gasteiger charge is -2.29. The maximum absolute atomic E-state index is 12.7. The molecule has 3 amide bonds. The molecule has 2 aliphatic rings. The smallest absolute Gasteiger partial charge is 0.306 e. The molecule has 1 fully saturated rings. The SMILES string of the molecule is CC(CCC(=O)OC(C)(C)C)Nc1ccc2c(c1)CN(C1CCC(=O)NC1=O)C2=O. The Bertz CT molecular complexity index is 874. The topological polar surface area (TPSA) is 105 Å². The third-order valence-electron chi connectivity index (χ3n) is 5.14. The van der Waals surface area contributed by atoms with Crippen molar-refractivity contribution in [2.45, 2.75) is 77.6 Å². The van der Waals surface area contributed by atoms with Crippen LogP contribution in [0.2, 0.25) is 0 Å². The van der Waals surface area contributed by atoms with Gasteiger partial charge < -0.3 is 15.0 Å². The van der Waals surface area contributed by atoms with Gasteiger partial charge in [-0.05, 0) is 64.3 Å². The van der Waals surface area contributed by atoms with Crippen LogP contribution >= 0.6 is 0 Å². The molecule has 0 spiro atoms. The quantitative estimate of drug-likeness (QED) is 0.546. The molecule has 2 unspecified atom stereocenters. The van der Waals surface area contributed by atoms with Gasteiger partial charge in [-0.1, -0.05) is 0 Å². The van der Waals surface area contributed by atoms with Crippen molar-refractivity contribution in [3.05, 3.63) is 29.3 Å². The predicted octanol–water partition coefficient (Wildman–Crippen LogP) is 2.37. The molecule has 162 valence electrons. The van der Waals surface area contributed by atoms with Crippen LogP contribution in [0.1, 0.15) is 69.3 Å². The van der Waals surface area contributed by atoms with Crippen LogP contribution < -0.4 is 10.6 Å². The highest BCUT2D eigenvalue weighted by Gasteiger charge is 2.39. The number of rotatable bonds is 6. The molecule has 2 atom stereocenters. The molecule has 0 aliphatic carbocycles. The van der Waals surface area contributed by atoms with Gasteiger partial charge in [0.1, 0.15) is 11.6 Å². The first-order valence-electron chi connectivity index (χ1n) is 10.3. The van der Waals surface area contributed by atoms with Crippen molar-refractivity contribution < 1.29 is 23.9 Å². The number of carbonyl (C=O) groups is 4. The van der Waals surface area contributed by atoms with Gasteiger partial charge in [-0.15, -0.1) is 0 Å². The van der Waals surface area contributed by atoms with Crippen LogP contribution in [-0.4, -0.2) is 46.3 Å². The lowest BCUT2D eigenvalue weighted by molar-refractivity contribution is -0.155. The zero-order valence-electron chi connectivity index (χ0n) is 17.9. The van der Waals surface area contributed by atoms with Crippen molar-refractivity contribution in [1.29, 1.82) is 0 Å². The number of imide groups is 1. The zero-order valence-corrected chi connectivity index (χ0v) is 17.9. The molecule has 2 N–H and O–H groups in total. The highest BCUT2D eigenvalue weighted by Crippen LogP contribution is 2.29. The number of hydrogen-bond donors (Lipinski definition) is 2. The van der Waals surface area contributed by atoms with Crippen molar-refractivity contribution in [3.8, 4) is 0 Å². The van der Waals surface area contributed by atoms with Crippen LogP contribution in [-0.2, 0) is 25.7 Å². The van der Waals surface area contributed by atoms with Gasteiger partial charge in [0.2, 0.25) is 11.8 Å². The Labute approximate surface area is 176 Å². The van der Waals surface area contributed by atoms with Gasteiger partial charge >= 0.3 is 5.97 Å². The predicted molar refractivity (Wildman–Crippen MR) is 111 cm³/mol. The van der Waals surface area contributed by atoms with Crippen LogP contribution in [0.3, 0.4) is 0 Å². The number of fused-ring (bicyclic) bond motifs is 1. The summed E-state index contributed by atoms with van der Waals surface area (Å²) in [6.45, 7) is 7.85. The van der Waals surface area contributed by atoms with Crippen molar-refractivity contribution in [2.75, 3.05) is 5.32 Å². The summed E-state index contributed by atoms with van der Waals surface area (Å²) in [5.74, 6) is -1.13. The van der Waals surface area contributed by atoms with Gasteiger partial charge in [0, 0.05) is 36.7 Å². The van der Waals surface area contributed by atoms with E-state index >= 15 is 0 Å². The van der Waals surface area contributed by atoms with Crippen molar-refractivity contribution in [1.82, 2.24) is 10.2 Å². The first kappa shape index (κ1) is 21.8. The maximum atomic E-state index is 12.7. The molecular weight excluding hydrogens is 386 g/mol. The molecule has 30 heavy (non-hydrogen) atoms. The lowest BCUT2D eigenvalue weighted by atomic mass is 10.0. The largest absolute Gasteiger partial charge is 0.460 e. The number of carbonyl (C=O) groups excluding carboxylic acids is 4. The third kappa shape index (κ3) is 5.17. The van der Waals surface area contributed by atoms with Crippen LogP contribution in [0.5, 0.6) is 0 Å². The van der Waals surface area contributed by atoms with Crippen molar-refractivity contribution in [3.63, 3.8) is 0 Å². The molecule has 0 aromatic heterocycles. The fraction of sp³-hybridized carbons (Fsp3) is 0.545. The van der Waals surface area contributed by atoms with E-state index in [1.807, 2.05) is 39.8 Å². The Morgan fingerprint density at radius 2 is 2.03 bits per heavy atom. The van der Waals surface area contributed by atoms with Gasteiger partial charge in [0.25, 0.3) is 5.91 Å². The number of hydrogen-bond acceptors (Lipinski definition) is 6. The molecule has 1 aromatic rings. The number of piperidine rings is 1. The summed E-state index contributed by atoms with van der Waals surface area (Å²) in [5, 5.41) is 5.66. The number of anilines is 1. The van der Waals surface area contributed by atoms with E-state index in [0.29, 0.717) is 31.4 Å². The Hall–Kier alpha value is -2.90. The van der Waals surface area contributed by atoms with E-state index in [9.17, 15) is 19.2 Å². The van der Waals surface area contributed by atoms with Gasteiger partial charge in [-0.2, -0.15) is 0 Å². The van der Waals surface area contributed by atoms with E-state index in [0.717, 1.165) is 11.3 Å². The van der Waals surface area contributed by atoms with E-state index in [4.69, 9.17) is 4.74 Å². The van der Waals surface area contributed by atoms with E-state index in [2.05, 4.69) is 10.6 Å². The van der Waals surface area contributed by atoms with E-state index in [1.54, 1.807) is 6.07 Å². The molecule has 2 aliphatic heterocycles. The van der Waals surface area contributed by atoms with Gasteiger partial charge in [-0.25, -0.2) is 0 Å². The number of ether oxygens (including phenoxy) is 1. The average Bonchev–Trinajstić information content (AvgIpc) is 2.94. The molecule has 0 bridgehead atoms. The van der Waals surface area contributed by atoms with Gasteiger partial charge in [0.05, 0.1) is 0 Å². The first-order chi connectivity index (χ1) is 14.0. The van der Waals surface area contributed by atoms with E-state index in [-0.39, 0.29) is 30.2 Å². The molecule has 8 heteroatoms. The number of nitrogens with zero attached hydrogens (tertiary/aromatic N) is 1. The second-order valence-electron chi connectivity index (χ2n) is 8.94. The Balaban J connectivity index is 1.59. The minimum Gasteiger partial charge on any atom is -0.460 e. The second kappa shape index (κ2) is 8.45. The Morgan fingerprint density at radius 3 is 2.70 bits per heavy atom. The van der Waals surface area contributed by atoms with E-state index < -0.39 is 17.6 Å². The first-order valence-corrected chi connectivity index (χ1v) is 10.3. The summed E-state index contributed by atoms with van der Waals surface area (Å²) in [5.41, 5.74) is 1.78. The van der Waals surface area contributed by atoms with Crippen molar-refractivity contribution >= 4 is 29.4 Å². The molecule has 0 saturated carbocycles. The molecule has 3 rings (SSSR count). The number of benzene rings is 1. The summed E-state index contributed by atoms with van der Waals surface area (Å²) in [7, 11) is 0. The number of esters is 1. The minimum absolute atomic E-state index is 0.0407. The van der Waals surface area contributed by atoms with Crippen molar-refractivity contribution in [2.24, 2.45) is 0 Å². The standard InChI is InChI=1S/C22H29N3O5/c1-13(5-10-19(27)30-22(2,3)4)23-15-6-7-16-14(11-15)12-25(21(16)29)17-8-9-18(26)24-20(17)28/h6-7,11,13,17,23H,5,8-10,12H2,1-4H3,(H,24,26,28). The zero-order chi connectivity index (χ0) is 22.1. The Morgan fingerprint density at radius 1 is 1.30 bits per heavy atom. The normalized spacial score (nSPS) is 19.9. The average molecular weight is 415 g/mol. The fourth-order valence-electron chi connectivity index (χ4n) is 3.75. The van der Waals surface area contributed by atoms with Crippen LogP contribution in [0.15, 0.2) is 18.2 Å². The van der Waals surface area contributed by atoms with E-state index in [1.165, 1.54) is 4.90 Å². The molecule has 8 nitrogen and oxygen atoms in total. The summed E-state index contributed by atoms with van der Waals surface area (Å²) in [4.78, 5) is 49.7. The van der Waals surface area contributed by atoms with Gasteiger partial charge in [0.15, 0.2) is 0 Å². The minimum atomic E-state index is -0.619. The summed E-state index contributed by atoms with van der Waals surface area (Å²) >= 11 is 0. The molecule has 0 radical (unpaired) electrons. The highest BCUT2D eigenvalue weighted by atomic mass is 16.6. The number of nitrogens with one attached hydrogen (secondary N) is 2. The van der Waals surface area contributed by atoms with Gasteiger partial charge in [-0.3, -0.25) is 24.5 Å². The van der Waals surface area contributed by atoms with Crippen LogP contribution in [0, 0.1) is 0 Å². The summed E-state index contributed by atoms with van der Waals surface area (Å²) in [6, 6.07) is 4.91. The molecule has 1 saturated heterocycles. The third-order valence-corrected chi connectivity index (χ3v) is 5.14. The molecular formula is C22H29N3O5. The van der Waals surface area contributed by atoms with Crippen LogP contribution in [0.4, 0.5) is 5.69 Å². The fourth-order valence-corrected chi connectivity index (χ4v) is 3.75. The van der Waals surface area contributed by atoms with Crippen LogP contribution in [0.25, 0.3) is 0 Å². The summed E-state index contributed by atoms with van der Waals surface area (Å²) in [6.07, 6.45) is 1.52. The maximum Gasteiger partial charge on any atom is 0.306 e. The highest BCUT2D eigenvalue weighted by molar-refractivity contribution is 6.05. The molecule has 2 heterocycles. The summed E-state index contributed by atoms with van der Waals surface area (Å²) < 4.78 is 5.33. The lowest BCUT2D eigenvalue weighted by Crippen LogP contribution is -2.52. The Kier molecular flexibility index (Phi) is 6.14. The monoisotopic (exact) mass is 415 g/mol. The second-order valence-corrected chi connectivity index (χ2v) is 8.94. The number of amides is 3.